The van der Waals surface area contributed by atoms with Gasteiger partial charge in [-0.15, -0.1) is 0 Å². The second-order valence-electron chi connectivity index (χ2n) is 5.36. The molecule has 0 bridgehead atoms. The highest BCUT2D eigenvalue weighted by Crippen LogP contribution is 2.13. The van der Waals surface area contributed by atoms with Crippen LogP contribution in [0, 0.1) is 0 Å². The number of urea groups is 1. The molecule has 6 nitrogen and oxygen atoms in total. The fraction of sp³-hybridized carbons (Fsp3) is 0.600. The second-order valence-corrected chi connectivity index (χ2v) is 5.36. The summed E-state index contributed by atoms with van der Waals surface area (Å²) < 4.78 is 5.14. The van der Waals surface area contributed by atoms with E-state index in [4.69, 9.17) is 4.42 Å². The first-order chi connectivity index (χ1) is 10.1. The lowest BCUT2D eigenvalue weighted by atomic mass is 10.2. The van der Waals surface area contributed by atoms with Crippen LogP contribution < -0.4 is 5.32 Å². The van der Waals surface area contributed by atoms with Crippen molar-refractivity contribution in [2.24, 2.45) is 0 Å². The molecule has 1 N–H and O–H groups in total. The Morgan fingerprint density at radius 2 is 2.24 bits per heavy atom. The predicted octanol–water partition coefficient (Wildman–Crippen LogP) is 1.94. The van der Waals surface area contributed by atoms with Crippen molar-refractivity contribution in [3.63, 3.8) is 0 Å². The summed E-state index contributed by atoms with van der Waals surface area (Å²) in [5.41, 5.74) is 0. The Bertz CT molecular complexity index is 473. The number of hydrogen-bond donors (Lipinski definition) is 1. The van der Waals surface area contributed by atoms with E-state index >= 15 is 0 Å². The van der Waals surface area contributed by atoms with Gasteiger partial charge in [0.1, 0.15) is 0 Å². The molecule has 0 aliphatic carbocycles. The predicted molar refractivity (Wildman–Crippen MR) is 79.1 cm³/mol. The summed E-state index contributed by atoms with van der Waals surface area (Å²) in [6, 6.07) is 3.32. The smallest absolute Gasteiger partial charge is 0.317 e. The SMILES string of the molecule is CCCCNC(=O)N1CCN(C(=O)c2ccco2)CC1C. The van der Waals surface area contributed by atoms with Gasteiger partial charge in [-0.25, -0.2) is 4.79 Å². The van der Waals surface area contributed by atoms with E-state index < -0.39 is 0 Å². The number of unbranched alkanes of at least 4 members (excludes halogenated alkanes) is 1. The van der Waals surface area contributed by atoms with Crippen molar-refractivity contribution in [1.29, 1.82) is 0 Å². The molecule has 0 saturated carbocycles. The summed E-state index contributed by atoms with van der Waals surface area (Å²) in [4.78, 5) is 27.8. The Morgan fingerprint density at radius 1 is 1.43 bits per heavy atom. The van der Waals surface area contributed by atoms with Gasteiger partial charge in [-0.3, -0.25) is 4.79 Å². The first-order valence-corrected chi connectivity index (χ1v) is 7.50. The first kappa shape index (κ1) is 15.4. The lowest BCUT2D eigenvalue weighted by molar-refractivity contribution is 0.0551. The van der Waals surface area contributed by atoms with Crippen molar-refractivity contribution >= 4 is 11.9 Å². The maximum Gasteiger partial charge on any atom is 0.317 e. The van der Waals surface area contributed by atoms with Gasteiger partial charge in [-0.05, 0) is 25.5 Å². The number of amides is 3. The maximum absolute atomic E-state index is 12.2. The van der Waals surface area contributed by atoms with E-state index in [-0.39, 0.29) is 18.0 Å². The van der Waals surface area contributed by atoms with Crippen LogP contribution in [0.15, 0.2) is 22.8 Å². The molecule has 1 aliphatic rings. The second kappa shape index (κ2) is 7.15. The van der Waals surface area contributed by atoms with Gasteiger partial charge in [0, 0.05) is 32.2 Å². The zero-order valence-electron chi connectivity index (χ0n) is 12.7. The lowest BCUT2D eigenvalue weighted by Crippen LogP contribution is -2.57. The molecule has 1 unspecified atom stereocenters. The molecule has 0 spiro atoms. The summed E-state index contributed by atoms with van der Waals surface area (Å²) in [5.74, 6) is 0.237. The van der Waals surface area contributed by atoms with Gasteiger partial charge >= 0.3 is 6.03 Å². The minimum atomic E-state index is -0.113. The summed E-state index contributed by atoms with van der Waals surface area (Å²) >= 11 is 0. The van der Waals surface area contributed by atoms with Crippen LogP contribution in [0.25, 0.3) is 0 Å². The van der Waals surface area contributed by atoms with Crippen LogP contribution in [0.5, 0.6) is 0 Å². The van der Waals surface area contributed by atoms with E-state index in [1.165, 1.54) is 6.26 Å². The largest absolute Gasteiger partial charge is 0.459 e. The first-order valence-electron chi connectivity index (χ1n) is 7.50. The normalized spacial score (nSPS) is 18.7. The molecule has 21 heavy (non-hydrogen) atoms. The Labute approximate surface area is 125 Å². The molecular weight excluding hydrogens is 270 g/mol. The van der Waals surface area contributed by atoms with Gasteiger partial charge < -0.3 is 19.5 Å². The molecule has 2 rings (SSSR count). The van der Waals surface area contributed by atoms with Crippen LogP contribution in [0.4, 0.5) is 4.79 Å². The summed E-state index contributed by atoms with van der Waals surface area (Å²) in [6.07, 6.45) is 3.53. The monoisotopic (exact) mass is 293 g/mol. The third kappa shape index (κ3) is 3.77. The molecule has 3 amide bonds. The number of furan rings is 1. The van der Waals surface area contributed by atoms with E-state index in [0.717, 1.165) is 12.8 Å². The Morgan fingerprint density at radius 3 is 2.86 bits per heavy atom. The number of piperazine rings is 1. The quantitative estimate of drug-likeness (QED) is 0.863. The highest BCUT2D eigenvalue weighted by atomic mass is 16.3. The molecule has 1 aromatic rings. The number of nitrogens with one attached hydrogen (secondary N) is 1. The highest BCUT2D eigenvalue weighted by molar-refractivity contribution is 5.91. The molecular formula is C15H23N3O3. The third-order valence-electron chi connectivity index (χ3n) is 3.71. The van der Waals surface area contributed by atoms with E-state index in [1.54, 1.807) is 21.9 Å². The van der Waals surface area contributed by atoms with Crippen LogP contribution in [-0.2, 0) is 0 Å². The van der Waals surface area contributed by atoms with Gasteiger partial charge in [0.25, 0.3) is 5.91 Å². The fourth-order valence-corrected chi connectivity index (χ4v) is 2.47. The standard InChI is InChI=1S/C15H23N3O3/c1-3-4-7-16-15(20)18-9-8-17(11-12(18)2)14(19)13-6-5-10-21-13/h5-6,10,12H,3-4,7-9,11H2,1-2H3,(H,16,20). The molecule has 0 radical (unpaired) electrons. The summed E-state index contributed by atoms with van der Waals surface area (Å²) in [6.45, 7) is 6.36. The van der Waals surface area contributed by atoms with Crippen molar-refractivity contribution in [1.82, 2.24) is 15.1 Å². The van der Waals surface area contributed by atoms with Crippen LogP contribution in [0.2, 0.25) is 0 Å². The minimum absolute atomic E-state index is 0.000659. The van der Waals surface area contributed by atoms with Gasteiger partial charge in [-0.2, -0.15) is 0 Å². The average Bonchev–Trinajstić information content (AvgIpc) is 3.00. The molecule has 1 aromatic heterocycles. The Balaban J connectivity index is 1.87. The van der Waals surface area contributed by atoms with E-state index in [0.29, 0.717) is 31.9 Å². The summed E-state index contributed by atoms with van der Waals surface area (Å²) in [5, 5.41) is 2.92. The van der Waals surface area contributed by atoms with E-state index in [9.17, 15) is 9.59 Å². The molecule has 2 heterocycles. The number of rotatable bonds is 4. The molecule has 1 fully saturated rings. The number of nitrogens with zero attached hydrogens (tertiary/aromatic N) is 2. The fourth-order valence-electron chi connectivity index (χ4n) is 2.47. The number of carbonyl (C=O) groups excluding carboxylic acids is 2. The van der Waals surface area contributed by atoms with E-state index in [1.807, 2.05) is 6.92 Å². The Hall–Kier alpha value is -1.98. The Kier molecular flexibility index (Phi) is 5.25. The molecule has 6 heteroatoms. The van der Waals surface area contributed by atoms with Crippen LogP contribution in [0.1, 0.15) is 37.2 Å². The van der Waals surface area contributed by atoms with Crippen LogP contribution in [-0.4, -0.2) is 54.0 Å². The van der Waals surface area contributed by atoms with Gasteiger partial charge in [-0.1, -0.05) is 13.3 Å². The lowest BCUT2D eigenvalue weighted by Gasteiger charge is -2.39. The maximum atomic E-state index is 12.2. The van der Waals surface area contributed by atoms with Crippen molar-refractivity contribution in [3.8, 4) is 0 Å². The molecule has 1 atom stereocenters. The van der Waals surface area contributed by atoms with Gasteiger partial charge in [0.2, 0.25) is 0 Å². The minimum Gasteiger partial charge on any atom is -0.459 e. The van der Waals surface area contributed by atoms with Crippen LogP contribution in [0.3, 0.4) is 0 Å². The highest BCUT2D eigenvalue weighted by Gasteiger charge is 2.30. The van der Waals surface area contributed by atoms with Gasteiger partial charge in [0.15, 0.2) is 5.76 Å². The van der Waals surface area contributed by atoms with E-state index in [2.05, 4.69) is 12.2 Å². The van der Waals surface area contributed by atoms with Crippen LogP contribution >= 0.6 is 0 Å². The third-order valence-corrected chi connectivity index (χ3v) is 3.71. The summed E-state index contributed by atoms with van der Waals surface area (Å²) in [7, 11) is 0. The molecule has 0 aromatic carbocycles. The molecule has 1 saturated heterocycles. The molecule has 1 aliphatic heterocycles. The average molecular weight is 293 g/mol. The van der Waals surface area contributed by atoms with Crippen molar-refractivity contribution in [3.05, 3.63) is 24.2 Å². The van der Waals surface area contributed by atoms with Crippen molar-refractivity contribution in [2.75, 3.05) is 26.2 Å². The van der Waals surface area contributed by atoms with Crippen molar-refractivity contribution in [2.45, 2.75) is 32.7 Å². The van der Waals surface area contributed by atoms with Crippen molar-refractivity contribution < 1.29 is 14.0 Å². The number of carbonyl (C=O) groups is 2. The molecule has 116 valence electrons. The zero-order chi connectivity index (χ0) is 15.2. The zero-order valence-corrected chi connectivity index (χ0v) is 12.7. The topological polar surface area (TPSA) is 65.8 Å². The number of hydrogen-bond acceptors (Lipinski definition) is 3. The van der Waals surface area contributed by atoms with Gasteiger partial charge in [0.05, 0.1) is 6.26 Å².